The maximum absolute atomic E-state index is 12.2. The predicted molar refractivity (Wildman–Crippen MR) is 72.1 cm³/mol. The van der Waals surface area contributed by atoms with Gasteiger partial charge in [-0.3, -0.25) is 4.79 Å². The average molecular weight is 351 g/mol. The summed E-state index contributed by atoms with van der Waals surface area (Å²) in [6.45, 7) is 5.41. The molecule has 106 valence electrons. The van der Waals surface area contributed by atoms with Gasteiger partial charge in [-0.25, -0.2) is 13.6 Å². The quantitative estimate of drug-likeness (QED) is 0.875. The van der Waals surface area contributed by atoms with E-state index in [9.17, 15) is 13.2 Å². The number of carbonyl (C=O) groups is 1. The number of hydrogen-bond donors (Lipinski definition) is 1. The molecule has 6 nitrogen and oxygen atoms in total. The summed E-state index contributed by atoms with van der Waals surface area (Å²) in [6.07, 6.45) is 0.905. The van der Waals surface area contributed by atoms with Gasteiger partial charge in [-0.15, -0.1) is 0 Å². The number of nitrogens with two attached hydrogens (primary N) is 1. The Kier molecular flexibility index (Phi) is 3.53. The molecule has 1 saturated heterocycles. The van der Waals surface area contributed by atoms with Crippen LogP contribution in [0.5, 0.6) is 0 Å². The lowest BCUT2D eigenvalue weighted by atomic mass is 9.93. The van der Waals surface area contributed by atoms with Gasteiger partial charge in [0.2, 0.25) is 10.0 Å². The number of furan rings is 1. The molecule has 0 aromatic carbocycles. The smallest absolute Gasteiger partial charge is 0.289 e. The highest BCUT2D eigenvalue weighted by atomic mass is 79.9. The Hall–Kier alpha value is -0.860. The normalized spacial score (nSPS) is 18.8. The largest absolute Gasteiger partial charge is 0.443 e. The molecule has 19 heavy (non-hydrogen) atoms. The molecule has 0 saturated carbocycles. The van der Waals surface area contributed by atoms with E-state index in [1.54, 1.807) is 4.90 Å². The number of likely N-dealkylation sites (tertiary alicyclic amines) is 1. The Bertz CT molecular complexity index is 621. The fraction of sp³-hybridized carbons (Fsp3) is 0.545. The zero-order valence-corrected chi connectivity index (χ0v) is 13.0. The van der Waals surface area contributed by atoms with E-state index < -0.39 is 10.0 Å². The molecule has 1 fully saturated rings. The van der Waals surface area contributed by atoms with Crippen LogP contribution in [0.25, 0.3) is 0 Å². The van der Waals surface area contributed by atoms with Crippen molar-refractivity contribution < 1.29 is 17.6 Å². The second-order valence-electron chi connectivity index (χ2n) is 5.43. The second kappa shape index (κ2) is 4.60. The minimum absolute atomic E-state index is 0.0198. The molecule has 1 aromatic heterocycles. The molecule has 1 aliphatic heterocycles. The van der Waals surface area contributed by atoms with Crippen LogP contribution < -0.4 is 5.14 Å². The van der Waals surface area contributed by atoms with Gasteiger partial charge in [0, 0.05) is 19.2 Å². The average Bonchev–Trinajstić information content (AvgIpc) is 2.79. The molecule has 2 rings (SSSR count). The third-order valence-electron chi connectivity index (χ3n) is 3.14. The highest BCUT2D eigenvalue weighted by molar-refractivity contribution is 9.10. The molecule has 8 heteroatoms. The number of nitrogens with zero attached hydrogens (tertiary/aromatic N) is 1. The first-order valence-corrected chi connectivity index (χ1v) is 8.05. The Morgan fingerprint density at radius 1 is 1.53 bits per heavy atom. The molecule has 0 atom stereocenters. The summed E-state index contributed by atoms with van der Waals surface area (Å²) >= 11 is 2.96. The Morgan fingerprint density at radius 3 is 2.58 bits per heavy atom. The van der Waals surface area contributed by atoms with Crippen molar-refractivity contribution in [2.24, 2.45) is 10.6 Å². The van der Waals surface area contributed by atoms with Crippen molar-refractivity contribution in [3.05, 3.63) is 16.5 Å². The summed E-state index contributed by atoms with van der Waals surface area (Å²) in [5.41, 5.74) is 0.0717. The summed E-state index contributed by atoms with van der Waals surface area (Å²) in [4.78, 5) is 13.6. The number of primary sulfonamides is 1. The summed E-state index contributed by atoms with van der Waals surface area (Å²) < 4.78 is 27.7. The second-order valence-corrected chi connectivity index (χ2v) is 7.68. The summed E-state index contributed by atoms with van der Waals surface area (Å²) in [5, 5.41) is 5.02. The highest BCUT2D eigenvalue weighted by Gasteiger charge is 2.34. The lowest BCUT2D eigenvalue weighted by Gasteiger charge is -2.18. The van der Waals surface area contributed by atoms with Crippen molar-refractivity contribution in [2.75, 3.05) is 13.1 Å². The van der Waals surface area contributed by atoms with Gasteiger partial charge in [-0.05, 0) is 27.8 Å². The zero-order valence-electron chi connectivity index (χ0n) is 10.6. The summed E-state index contributed by atoms with van der Waals surface area (Å²) in [7, 11) is -3.90. The van der Waals surface area contributed by atoms with Crippen molar-refractivity contribution in [1.82, 2.24) is 4.90 Å². The first kappa shape index (κ1) is 14.5. The number of rotatable bonds is 2. The van der Waals surface area contributed by atoms with Gasteiger partial charge in [0.1, 0.15) is 4.90 Å². The zero-order chi connectivity index (χ0) is 14.4. The van der Waals surface area contributed by atoms with Crippen molar-refractivity contribution in [1.29, 1.82) is 0 Å². The minimum atomic E-state index is -3.90. The third-order valence-corrected chi connectivity index (χ3v) is 4.91. The molecule has 2 N–H and O–H groups in total. The van der Waals surface area contributed by atoms with Crippen LogP contribution in [0.4, 0.5) is 0 Å². The van der Waals surface area contributed by atoms with Gasteiger partial charge >= 0.3 is 0 Å². The van der Waals surface area contributed by atoms with Gasteiger partial charge in [0.05, 0.1) is 0 Å². The number of carbonyl (C=O) groups excluding carboxylic acids is 1. The van der Waals surface area contributed by atoms with E-state index in [4.69, 9.17) is 9.56 Å². The molecule has 0 radical (unpaired) electrons. The standard InChI is InChI=1S/C11H15BrN2O4S/c1-11(2)3-4-14(6-11)10(15)7-5-8(9(12)18-7)19(13,16)17/h5H,3-4,6H2,1-2H3,(H2,13,16,17). The monoisotopic (exact) mass is 350 g/mol. The first-order valence-electron chi connectivity index (χ1n) is 5.72. The van der Waals surface area contributed by atoms with Crippen LogP contribution in [0.1, 0.15) is 30.8 Å². The molecular formula is C11H15BrN2O4S. The lowest BCUT2D eigenvalue weighted by molar-refractivity contribution is 0.0745. The van der Waals surface area contributed by atoms with E-state index >= 15 is 0 Å². The molecule has 2 heterocycles. The number of halogens is 1. The van der Waals surface area contributed by atoms with Crippen molar-refractivity contribution in [2.45, 2.75) is 25.2 Å². The van der Waals surface area contributed by atoms with Gasteiger partial charge in [0.15, 0.2) is 10.4 Å². The minimum Gasteiger partial charge on any atom is -0.443 e. The molecule has 0 bridgehead atoms. The summed E-state index contributed by atoms with van der Waals surface area (Å²) in [6, 6.07) is 1.16. The molecule has 1 aromatic rings. The molecule has 0 unspecified atom stereocenters. The van der Waals surface area contributed by atoms with Gasteiger partial charge in [-0.2, -0.15) is 0 Å². The van der Waals surface area contributed by atoms with Crippen LogP contribution in [-0.2, 0) is 10.0 Å². The van der Waals surface area contributed by atoms with E-state index in [0.29, 0.717) is 13.1 Å². The molecule has 1 amide bonds. The van der Waals surface area contributed by atoms with Crippen molar-refractivity contribution >= 4 is 31.9 Å². The fourth-order valence-corrected chi connectivity index (χ4v) is 3.60. The highest BCUT2D eigenvalue weighted by Crippen LogP contribution is 2.31. The molecular weight excluding hydrogens is 336 g/mol. The summed E-state index contributed by atoms with van der Waals surface area (Å²) in [5.74, 6) is -0.338. The van der Waals surface area contributed by atoms with E-state index in [-0.39, 0.29) is 26.6 Å². The number of sulfonamides is 1. The van der Waals surface area contributed by atoms with E-state index in [1.807, 2.05) is 0 Å². The molecule has 0 spiro atoms. The lowest BCUT2D eigenvalue weighted by Crippen LogP contribution is -2.29. The Balaban J connectivity index is 2.27. The van der Waals surface area contributed by atoms with Gasteiger partial charge < -0.3 is 9.32 Å². The molecule has 1 aliphatic rings. The van der Waals surface area contributed by atoms with Crippen LogP contribution in [0.15, 0.2) is 20.0 Å². The van der Waals surface area contributed by atoms with Gasteiger partial charge in [-0.1, -0.05) is 13.8 Å². The Labute approximate surface area is 120 Å². The Morgan fingerprint density at radius 2 is 2.16 bits per heavy atom. The van der Waals surface area contributed by atoms with Crippen LogP contribution in [0.2, 0.25) is 0 Å². The predicted octanol–water partition coefficient (Wildman–Crippen LogP) is 1.56. The maximum atomic E-state index is 12.2. The number of amides is 1. The number of hydrogen-bond acceptors (Lipinski definition) is 4. The van der Waals surface area contributed by atoms with Crippen molar-refractivity contribution in [3.63, 3.8) is 0 Å². The van der Waals surface area contributed by atoms with E-state index in [2.05, 4.69) is 29.8 Å². The maximum Gasteiger partial charge on any atom is 0.289 e. The van der Waals surface area contributed by atoms with E-state index in [1.165, 1.54) is 0 Å². The van der Waals surface area contributed by atoms with E-state index in [0.717, 1.165) is 12.5 Å². The van der Waals surface area contributed by atoms with Crippen LogP contribution >= 0.6 is 15.9 Å². The van der Waals surface area contributed by atoms with Crippen LogP contribution in [0, 0.1) is 5.41 Å². The topological polar surface area (TPSA) is 93.6 Å². The molecule has 0 aliphatic carbocycles. The first-order chi connectivity index (χ1) is 8.60. The SMILES string of the molecule is CC1(C)CCN(C(=O)c2cc(S(N)(=O)=O)c(Br)o2)C1. The third kappa shape index (κ3) is 3.01. The van der Waals surface area contributed by atoms with Crippen molar-refractivity contribution in [3.8, 4) is 0 Å². The fourth-order valence-electron chi connectivity index (χ4n) is 2.09. The van der Waals surface area contributed by atoms with Crippen LogP contribution in [-0.4, -0.2) is 32.3 Å². The van der Waals surface area contributed by atoms with Gasteiger partial charge in [0.25, 0.3) is 5.91 Å². The van der Waals surface area contributed by atoms with Crippen LogP contribution in [0.3, 0.4) is 0 Å².